The van der Waals surface area contributed by atoms with E-state index in [4.69, 9.17) is 19.2 Å². The maximum Gasteiger partial charge on any atom is 0.161 e. The molecule has 1 saturated heterocycles. The first-order valence-electron chi connectivity index (χ1n) is 9.95. The minimum Gasteiger partial charge on any atom is -0.490 e. The van der Waals surface area contributed by atoms with Gasteiger partial charge in [-0.3, -0.25) is 0 Å². The van der Waals surface area contributed by atoms with Crippen LogP contribution in [-0.2, 0) is 11.3 Å². The summed E-state index contributed by atoms with van der Waals surface area (Å²) in [5, 5.41) is 0. The number of benzene rings is 2. The summed E-state index contributed by atoms with van der Waals surface area (Å²) in [6.07, 6.45) is 3.91. The van der Waals surface area contributed by atoms with Crippen molar-refractivity contribution in [3.8, 4) is 22.8 Å². The monoisotopic (exact) mass is 376 g/mol. The van der Waals surface area contributed by atoms with Crippen LogP contribution >= 0.6 is 0 Å². The zero-order chi connectivity index (χ0) is 18.8. The molecule has 1 atom stereocenters. The summed E-state index contributed by atoms with van der Waals surface area (Å²) in [5.41, 5.74) is 4.66. The van der Waals surface area contributed by atoms with Crippen LogP contribution in [0.2, 0.25) is 0 Å². The van der Waals surface area contributed by atoms with Crippen molar-refractivity contribution in [2.45, 2.75) is 25.3 Å². The molecule has 2 aliphatic heterocycles. The highest BCUT2D eigenvalue weighted by molar-refractivity contribution is 5.62. The van der Waals surface area contributed by atoms with Crippen LogP contribution in [0.4, 0.5) is 0 Å². The molecule has 0 unspecified atom stereocenters. The molecule has 0 saturated carbocycles. The summed E-state index contributed by atoms with van der Waals surface area (Å²) < 4.78 is 19.6. The predicted octanol–water partition coefficient (Wildman–Crippen LogP) is 4.26. The van der Waals surface area contributed by atoms with Gasteiger partial charge in [0.2, 0.25) is 0 Å². The Labute approximate surface area is 164 Å². The maximum absolute atomic E-state index is 5.86. The predicted molar refractivity (Wildman–Crippen MR) is 107 cm³/mol. The highest BCUT2D eigenvalue weighted by atomic mass is 16.5. The van der Waals surface area contributed by atoms with Crippen molar-refractivity contribution in [3.63, 3.8) is 0 Å². The first kappa shape index (κ1) is 17.3. The molecule has 1 fully saturated rings. The molecule has 5 nitrogen and oxygen atoms in total. The van der Waals surface area contributed by atoms with Crippen LogP contribution in [0, 0.1) is 0 Å². The second-order valence-electron chi connectivity index (χ2n) is 7.36. The van der Waals surface area contributed by atoms with E-state index in [0.29, 0.717) is 19.1 Å². The Kier molecular flexibility index (Phi) is 4.75. The summed E-state index contributed by atoms with van der Waals surface area (Å²) in [7, 11) is 0. The van der Waals surface area contributed by atoms with Gasteiger partial charge in [-0.05, 0) is 24.1 Å². The number of hydrogen-bond acceptors (Lipinski definition) is 4. The van der Waals surface area contributed by atoms with E-state index in [-0.39, 0.29) is 0 Å². The SMILES string of the molecule is c1ccc(-c2ncn(Cc3ccc4c(c3)OCCCO4)c2[C@H]2CCOC2)cc1. The van der Waals surface area contributed by atoms with Crippen molar-refractivity contribution in [1.82, 2.24) is 9.55 Å². The molecule has 0 N–H and O–H groups in total. The molecule has 28 heavy (non-hydrogen) atoms. The molecule has 0 radical (unpaired) electrons. The number of aromatic nitrogens is 2. The van der Waals surface area contributed by atoms with Crippen LogP contribution in [-0.4, -0.2) is 36.0 Å². The molecule has 0 bridgehead atoms. The van der Waals surface area contributed by atoms with Crippen molar-refractivity contribution in [2.75, 3.05) is 26.4 Å². The van der Waals surface area contributed by atoms with E-state index in [1.54, 1.807) is 0 Å². The highest BCUT2D eigenvalue weighted by Gasteiger charge is 2.26. The second kappa shape index (κ2) is 7.68. The zero-order valence-electron chi connectivity index (χ0n) is 15.8. The molecule has 1 aromatic heterocycles. The van der Waals surface area contributed by atoms with Crippen LogP contribution < -0.4 is 9.47 Å². The number of ether oxygens (including phenoxy) is 3. The third-order valence-electron chi connectivity index (χ3n) is 5.41. The highest BCUT2D eigenvalue weighted by Crippen LogP contribution is 2.35. The van der Waals surface area contributed by atoms with Gasteiger partial charge < -0.3 is 18.8 Å². The largest absolute Gasteiger partial charge is 0.490 e. The van der Waals surface area contributed by atoms with Crippen molar-refractivity contribution in [1.29, 1.82) is 0 Å². The van der Waals surface area contributed by atoms with Crippen molar-refractivity contribution < 1.29 is 14.2 Å². The van der Waals surface area contributed by atoms with Gasteiger partial charge >= 0.3 is 0 Å². The topological polar surface area (TPSA) is 45.5 Å². The van der Waals surface area contributed by atoms with E-state index in [1.807, 2.05) is 18.5 Å². The minimum absolute atomic E-state index is 0.373. The standard InChI is InChI=1S/C23H24N2O3/c1-2-5-18(6-3-1)22-23(19-9-12-26-15-19)25(16-24-22)14-17-7-8-20-21(13-17)28-11-4-10-27-20/h1-3,5-8,13,16,19H,4,9-12,14-15H2/t19-/m0/s1. The van der Waals surface area contributed by atoms with Crippen LogP contribution in [0.15, 0.2) is 54.9 Å². The number of imidazole rings is 1. The Hall–Kier alpha value is -2.79. The molecule has 5 heteroatoms. The lowest BCUT2D eigenvalue weighted by Crippen LogP contribution is -2.10. The Balaban J connectivity index is 1.50. The van der Waals surface area contributed by atoms with Crippen molar-refractivity contribution in [2.24, 2.45) is 0 Å². The lowest BCUT2D eigenvalue weighted by Gasteiger charge is -2.16. The van der Waals surface area contributed by atoms with Gasteiger partial charge in [0.25, 0.3) is 0 Å². The van der Waals surface area contributed by atoms with E-state index in [1.165, 1.54) is 11.3 Å². The summed E-state index contributed by atoms with van der Waals surface area (Å²) in [4.78, 5) is 4.78. The summed E-state index contributed by atoms with van der Waals surface area (Å²) in [5.74, 6) is 2.04. The quantitative estimate of drug-likeness (QED) is 0.682. The van der Waals surface area contributed by atoms with Gasteiger partial charge in [0.1, 0.15) is 0 Å². The molecule has 144 valence electrons. The average molecular weight is 376 g/mol. The minimum atomic E-state index is 0.373. The second-order valence-corrected chi connectivity index (χ2v) is 7.36. The fourth-order valence-electron chi connectivity index (χ4n) is 4.02. The molecule has 2 aromatic carbocycles. The van der Waals surface area contributed by atoms with E-state index in [2.05, 4.69) is 41.0 Å². The average Bonchev–Trinajstić information content (AvgIpc) is 3.33. The van der Waals surface area contributed by atoms with Crippen molar-refractivity contribution >= 4 is 0 Å². The fraction of sp³-hybridized carbons (Fsp3) is 0.348. The van der Waals surface area contributed by atoms with Gasteiger partial charge in [-0.1, -0.05) is 36.4 Å². The summed E-state index contributed by atoms with van der Waals surface area (Å²) >= 11 is 0. The van der Waals surface area contributed by atoms with Gasteiger partial charge in [-0.25, -0.2) is 4.98 Å². The number of nitrogens with zero attached hydrogens (tertiary/aromatic N) is 2. The lowest BCUT2D eigenvalue weighted by molar-refractivity contribution is 0.193. The summed E-state index contributed by atoms with van der Waals surface area (Å²) in [6.45, 7) is 3.73. The summed E-state index contributed by atoms with van der Waals surface area (Å²) in [6, 6.07) is 16.6. The smallest absolute Gasteiger partial charge is 0.161 e. The van der Waals surface area contributed by atoms with Crippen LogP contribution in [0.25, 0.3) is 11.3 Å². The molecule has 5 rings (SSSR count). The Morgan fingerprint density at radius 1 is 0.964 bits per heavy atom. The van der Waals surface area contributed by atoms with Gasteiger partial charge in [0, 0.05) is 31.1 Å². The third kappa shape index (κ3) is 3.38. The van der Waals surface area contributed by atoms with E-state index in [9.17, 15) is 0 Å². The molecule has 0 aliphatic carbocycles. The van der Waals surface area contributed by atoms with Crippen LogP contribution in [0.5, 0.6) is 11.5 Å². The zero-order valence-corrected chi connectivity index (χ0v) is 15.8. The van der Waals surface area contributed by atoms with Crippen LogP contribution in [0.3, 0.4) is 0 Å². The fourth-order valence-corrected chi connectivity index (χ4v) is 4.02. The molecule has 0 spiro atoms. The number of hydrogen-bond donors (Lipinski definition) is 0. The first-order valence-corrected chi connectivity index (χ1v) is 9.95. The molecule has 3 aromatic rings. The van der Waals surface area contributed by atoms with Gasteiger partial charge in [-0.15, -0.1) is 0 Å². The van der Waals surface area contributed by atoms with Crippen LogP contribution in [0.1, 0.15) is 30.0 Å². The normalized spacial score (nSPS) is 18.8. The van der Waals surface area contributed by atoms with Gasteiger partial charge in [0.05, 0.1) is 37.5 Å². The van der Waals surface area contributed by atoms with E-state index < -0.39 is 0 Å². The molecular formula is C23H24N2O3. The van der Waals surface area contributed by atoms with Gasteiger partial charge in [-0.2, -0.15) is 0 Å². The maximum atomic E-state index is 5.86. The molecule has 0 amide bonds. The molecule has 2 aliphatic rings. The molecule has 3 heterocycles. The first-order chi connectivity index (χ1) is 13.9. The van der Waals surface area contributed by atoms with Crippen molar-refractivity contribution in [3.05, 3.63) is 66.1 Å². The third-order valence-corrected chi connectivity index (χ3v) is 5.41. The Bertz CT molecular complexity index is 946. The van der Waals surface area contributed by atoms with E-state index in [0.717, 1.165) is 55.4 Å². The number of fused-ring (bicyclic) bond motifs is 1. The number of rotatable bonds is 4. The Morgan fingerprint density at radius 2 is 1.82 bits per heavy atom. The lowest BCUT2D eigenvalue weighted by atomic mass is 9.99. The van der Waals surface area contributed by atoms with Gasteiger partial charge in [0.15, 0.2) is 11.5 Å². The van der Waals surface area contributed by atoms with E-state index >= 15 is 0 Å². The molecular weight excluding hydrogens is 352 g/mol. The Morgan fingerprint density at radius 3 is 2.64 bits per heavy atom.